The molecule has 2 N–H and O–H groups in total. The van der Waals surface area contributed by atoms with Crippen LogP contribution >= 0.6 is 0 Å². The van der Waals surface area contributed by atoms with Crippen molar-refractivity contribution in [3.8, 4) is 11.4 Å². The second-order valence-electron chi connectivity index (χ2n) is 4.68. The molecule has 0 saturated carbocycles. The second kappa shape index (κ2) is 5.27. The lowest BCUT2D eigenvalue weighted by atomic mass is 10.2. The molecule has 8 heteroatoms. The highest BCUT2D eigenvalue weighted by molar-refractivity contribution is 5.60. The van der Waals surface area contributed by atoms with Gasteiger partial charge in [0.1, 0.15) is 0 Å². The lowest BCUT2D eigenvalue weighted by Crippen LogP contribution is -2.09. The molecule has 2 aromatic rings. The Morgan fingerprint density at radius 1 is 1.29 bits per heavy atom. The van der Waals surface area contributed by atoms with Gasteiger partial charge in [0.05, 0.1) is 29.2 Å². The van der Waals surface area contributed by atoms with E-state index in [-0.39, 0.29) is 23.2 Å². The van der Waals surface area contributed by atoms with E-state index in [4.69, 9.17) is 10.5 Å². The third kappa shape index (κ3) is 3.26. The first-order chi connectivity index (χ1) is 9.68. The first-order valence-electron chi connectivity index (χ1n) is 6.06. The molecule has 114 valence electrons. The zero-order valence-corrected chi connectivity index (χ0v) is 11.3. The molecule has 4 nitrogen and oxygen atoms in total. The number of hydrogen-bond acceptors (Lipinski definition) is 3. The van der Waals surface area contributed by atoms with Crippen molar-refractivity contribution in [1.82, 2.24) is 9.78 Å². The maximum absolute atomic E-state index is 13.7. The average molecular weight is 303 g/mol. The Balaban J connectivity index is 2.46. The first kappa shape index (κ1) is 15.1. The Kier molecular flexibility index (Phi) is 3.80. The Hall–Kier alpha value is -2.25. The number of nitrogens with zero attached hydrogens (tertiary/aromatic N) is 2. The number of ether oxygens (including phenoxy) is 1. The highest BCUT2D eigenvalue weighted by Gasteiger charge is 2.32. The lowest BCUT2D eigenvalue weighted by Gasteiger charge is -2.13. The maximum Gasteiger partial charge on any atom is 0.419 e. The van der Waals surface area contributed by atoms with Crippen LogP contribution in [0.3, 0.4) is 0 Å². The normalized spacial score (nSPS) is 12.0. The van der Waals surface area contributed by atoms with Gasteiger partial charge in [-0.05, 0) is 13.8 Å². The summed E-state index contributed by atoms with van der Waals surface area (Å²) in [6.45, 7) is 3.40. The number of nitrogen functional groups attached to an aromatic ring is 1. The van der Waals surface area contributed by atoms with Crippen LogP contribution < -0.4 is 10.5 Å². The van der Waals surface area contributed by atoms with Gasteiger partial charge in [-0.25, -0.2) is 9.07 Å². The zero-order chi connectivity index (χ0) is 15.8. The zero-order valence-electron chi connectivity index (χ0n) is 11.3. The van der Waals surface area contributed by atoms with Crippen molar-refractivity contribution in [3.63, 3.8) is 0 Å². The predicted molar refractivity (Wildman–Crippen MR) is 68.7 cm³/mol. The molecule has 0 aliphatic carbocycles. The lowest BCUT2D eigenvalue weighted by molar-refractivity contribution is -0.137. The summed E-state index contributed by atoms with van der Waals surface area (Å²) in [5.41, 5.74) is 4.79. The fourth-order valence-corrected chi connectivity index (χ4v) is 1.70. The summed E-state index contributed by atoms with van der Waals surface area (Å²) in [5, 5.41) is 3.60. The van der Waals surface area contributed by atoms with Gasteiger partial charge in [-0.15, -0.1) is 0 Å². The van der Waals surface area contributed by atoms with Gasteiger partial charge < -0.3 is 10.5 Å². The molecule has 0 spiro atoms. The standard InChI is InChI=1S/C13H13F4N3O/c1-7(2)21-12-4-11(10(18)3-9(12)14)20-6-8(5-19-20)13(15,16)17/h3-7H,18H2,1-2H3. The Morgan fingerprint density at radius 2 is 1.95 bits per heavy atom. The molecule has 1 heterocycles. The highest BCUT2D eigenvalue weighted by atomic mass is 19.4. The first-order valence-corrected chi connectivity index (χ1v) is 6.06. The van der Waals surface area contributed by atoms with Gasteiger partial charge in [-0.2, -0.15) is 18.3 Å². The Labute approximate surface area is 118 Å². The number of alkyl halides is 3. The van der Waals surface area contributed by atoms with E-state index in [1.54, 1.807) is 13.8 Å². The third-order valence-electron chi connectivity index (χ3n) is 2.60. The van der Waals surface area contributed by atoms with Crippen LogP contribution in [0, 0.1) is 5.82 Å². The number of nitrogens with two attached hydrogens (primary N) is 1. The number of anilines is 1. The van der Waals surface area contributed by atoms with Gasteiger partial charge in [0.15, 0.2) is 11.6 Å². The van der Waals surface area contributed by atoms with Gasteiger partial charge >= 0.3 is 6.18 Å². The minimum absolute atomic E-state index is 0.0413. The van der Waals surface area contributed by atoms with Crippen LogP contribution in [0.2, 0.25) is 0 Å². The molecule has 0 saturated heterocycles. The molecule has 0 unspecified atom stereocenters. The molecule has 0 aliphatic rings. The van der Waals surface area contributed by atoms with Crippen molar-refractivity contribution in [3.05, 3.63) is 35.9 Å². The minimum Gasteiger partial charge on any atom is -0.488 e. The van der Waals surface area contributed by atoms with E-state index in [9.17, 15) is 17.6 Å². The third-order valence-corrected chi connectivity index (χ3v) is 2.60. The van der Waals surface area contributed by atoms with Crippen molar-refractivity contribution in [2.75, 3.05) is 5.73 Å². The fourth-order valence-electron chi connectivity index (χ4n) is 1.70. The predicted octanol–water partition coefficient (Wildman–Crippen LogP) is 3.40. The van der Waals surface area contributed by atoms with Crippen molar-refractivity contribution in [1.29, 1.82) is 0 Å². The van der Waals surface area contributed by atoms with Crippen molar-refractivity contribution in [2.45, 2.75) is 26.1 Å². The van der Waals surface area contributed by atoms with E-state index in [1.165, 1.54) is 6.07 Å². The summed E-state index contributed by atoms with van der Waals surface area (Å²) in [6, 6.07) is 2.21. The molecule has 21 heavy (non-hydrogen) atoms. The molecule has 0 bridgehead atoms. The van der Waals surface area contributed by atoms with Crippen LogP contribution in [-0.4, -0.2) is 15.9 Å². The maximum atomic E-state index is 13.7. The van der Waals surface area contributed by atoms with Crippen LogP contribution in [0.25, 0.3) is 5.69 Å². The highest BCUT2D eigenvalue weighted by Crippen LogP contribution is 2.31. The average Bonchev–Trinajstić information content (AvgIpc) is 2.81. The van der Waals surface area contributed by atoms with Crippen molar-refractivity contribution in [2.24, 2.45) is 0 Å². The molecule has 2 rings (SSSR count). The second-order valence-corrected chi connectivity index (χ2v) is 4.68. The van der Waals surface area contributed by atoms with Gasteiger partial charge in [0.2, 0.25) is 0 Å². The summed E-state index contributed by atoms with van der Waals surface area (Å²) < 4.78 is 57.6. The number of rotatable bonds is 3. The van der Waals surface area contributed by atoms with E-state index in [1.807, 2.05) is 0 Å². The van der Waals surface area contributed by atoms with Crippen LogP contribution in [0.4, 0.5) is 23.2 Å². The SMILES string of the molecule is CC(C)Oc1cc(-n2cc(C(F)(F)F)cn2)c(N)cc1F. The fraction of sp³-hybridized carbons (Fsp3) is 0.308. The van der Waals surface area contributed by atoms with E-state index in [2.05, 4.69) is 5.10 Å². The van der Waals surface area contributed by atoms with Crippen LogP contribution in [0.1, 0.15) is 19.4 Å². The summed E-state index contributed by atoms with van der Waals surface area (Å²) in [6.07, 6.45) is -3.35. The molecule has 0 atom stereocenters. The smallest absolute Gasteiger partial charge is 0.419 e. The van der Waals surface area contributed by atoms with Crippen molar-refractivity contribution >= 4 is 5.69 Å². The topological polar surface area (TPSA) is 53.1 Å². The summed E-state index contributed by atoms with van der Waals surface area (Å²) >= 11 is 0. The van der Waals surface area contributed by atoms with Crippen molar-refractivity contribution < 1.29 is 22.3 Å². The van der Waals surface area contributed by atoms with Gasteiger partial charge in [-0.1, -0.05) is 0 Å². The monoisotopic (exact) mass is 303 g/mol. The van der Waals surface area contributed by atoms with Gasteiger partial charge in [0, 0.05) is 18.3 Å². The van der Waals surface area contributed by atoms with E-state index in [0.29, 0.717) is 6.20 Å². The molecule has 0 amide bonds. The molecule has 0 radical (unpaired) electrons. The van der Waals surface area contributed by atoms with Gasteiger partial charge in [-0.3, -0.25) is 0 Å². The minimum atomic E-state index is -4.51. The van der Waals surface area contributed by atoms with E-state index < -0.39 is 17.6 Å². The van der Waals surface area contributed by atoms with Gasteiger partial charge in [0.25, 0.3) is 0 Å². The number of halogens is 4. The van der Waals surface area contributed by atoms with Crippen LogP contribution in [0.15, 0.2) is 24.5 Å². The molecule has 1 aromatic carbocycles. The summed E-state index contributed by atoms with van der Waals surface area (Å²) in [5.74, 6) is -0.786. The van der Waals surface area contributed by atoms with Crippen LogP contribution in [0.5, 0.6) is 5.75 Å². The van der Waals surface area contributed by atoms with Crippen LogP contribution in [-0.2, 0) is 6.18 Å². The van der Waals surface area contributed by atoms with E-state index >= 15 is 0 Å². The molecule has 0 fully saturated rings. The number of benzene rings is 1. The molecular formula is C13H13F4N3O. The largest absolute Gasteiger partial charge is 0.488 e. The Bertz CT molecular complexity index is 649. The number of hydrogen-bond donors (Lipinski definition) is 1. The number of aromatic nitrogens is 2. The quantitative estimate of drug-likeness (QED) is 0.698. The summed E-state index contributed by atoms with van der Waals surface area (Å²) in [4.78, 5) is 0. The molecule has 0 aliphatic heterocycles. The molecule has 1 aromatic heterocycles. The summed E-state index contributed by atoms with van der Waals surface area (Å²) in [7, 11) is 0. The van der Waals surface area contributed by atoms with E-state index in [0.717, 1.165) is 16.9 Å². The molecular weight excluding hydrogens is 290 g/mol. The Morgan fingerprint density at radius 3 is 2.48 bits per heavy atom.